The number of aromatic nitrogens is 8. The van der Waals surface area contributed by atoms with Gasteiger partial charge in [-0.3, -0.25) is 9.11 Å². The van der Waals surface area contributed by atoms with E-state index in [-0.39, 0.29) is 9.79 Å². The van der Waals surface area contributed by atoms with Crippen molar-refractivity contribution in [1.29, 1.82) is 0 Å². The molecular weight excluding hydrogens is 1100 g/mol. The maximum atomic E-state index is 11.9. The van der Waals surface area contributed by atoms with Crippen LogP contribution in [0.5, 0.6) is 0 Å². The summed E-state index contributed by atoms with van der Waals surface area (Å²) in [6.07, 6.45) is 0. The zero-order valence-corrected chi connectivity index (χ0v) is 47.7. The summed E-state index contributed by atoms with van der Waals surface area (Å²) in [7, 11) is -8.76. The van der Waals surface area contributed by atoms with Crippen molar-refractivity contribution in [3.8, 4) is 45.9 Å². The zero-order valence-electron chi connectivity index (χ0n) is 46.1. The average Bonchev–Trinajstić information content (AvgIpc) is 2.81. The van der Waals surface area contributed by atoms with Crippen LogP contribution >= 0.6 is 0 Å². The molecule has 420 valence electrons. The number of hydrogen-bond donors (Lipinski definition) is 2. The van der Waals surface area contributed by atoms with Crippen LogP contribution in [-0.4, -0.2) is 64.1 Å². The minimum Gasteiger partial charge on any atom is -0.450 e. The Morgan fingerprint density at radius 3 is 0.941 bits per heavy atom. The van der Waals surface area contributed by atoms with Crippen LogP contribution in [0.3, 0.4) is 0 Å². The van der Waals surface area contributed by atoms with Crippen molar-refractivity contribution in [3.05, 3.63) is 264 Å². The van der Waals surface area contributed by atoms with Crippen LogP contribution in [0, 0.1) is 13.8 Å². The summed E-state index contributed by atoms with van der Waals surface area (Å²) in [6, 6.07) is 73.6. The molecule has 0 bridgehead atoms. The highest BCUT2D eigenvalue weighted by Crippen LogP contribution is 2.36. The zero-order chi connectivity index (χ0) is 58.4. The van der Waals surface area contributed by atoms with Gasteiger partial charge in [-0.25, -0.2) is 19.9 Å². The highest BCUT2D eigenvalue weighted by molar-refractivity contribution is 7.86. The van der Waals surface area contributed by atoms with Gasteiger partial charge in [0.15, 0.2) is 23.2 Å². The summed E-state index contributed by atoms with van der Waals surface area (Å²) in [5.74, 6) is 3.92. The molecule has 0 spiro atoms. The summed E-state index contributed by atoms with van der Waals surface area (Å²) in [5.41, 5.74) is 14.9. The van der Waals surface area contributed by atoms with Crippen molar-refractivity contribution < 1.29 is 30.4 Å². The maximum Gasteiger partial charge on any atom is 0.294 e. The number of nitrogens with zero attached hydrogens (tertiary/aromatic N) is 8. The van der Waals surface area contributed by atoms with Crippen LogP contribution in [0.4, 0.5) is 0 Å². The molecule has 0 amide bonds. The average molecular weight is 1160 g/mol. The third-order valence-electron chi connectivity index (χ3n) is 15.0. The third-order valence-corrected chi connectivity index (χ3v) is 16.7. The normalized spacial score (nSPS) is 11.9. The monoisotopic (exact) mass is 1160 g/mol. The summed E-state index contributed by atoms with van der Waals surface area (Å²) in [5, 5.41) is 0. The van der Waals surface area contributed by atoms with E-state index in [1.165, 1.54) is 35.4 Å². The van der Waals surface area contributed by atoms with E-state index in [1.807, 2.05) is 130 Å². The highest BCUT2D eigenvalue weighted by atomic mass is 32.2. The fourth-order valence-corrected chi connectivity index (χ4v) is 11.9. The molecule has 0 unspecified atom stereocenters. The van der Waals surface area contributed by atoms with Crippen molar-refractivity contribution in [2.24, 2.45) is 0 Å². The van der Waals surface area contributed by atoms with E-state index in [0.29, 0.717) is 77.2 Å². The molecule has 0 aliphatic heterocycles. The molecule has 0 atom stereocenters. The van der Waals surface area contributed by atoms with Crippen LogP contribution in [0.25, 0.3) is 90.1 Å². The predicted octanol–water partition coefficient (Wildman–Crippen LogP) is 14.3. The Labute approximate surface area is 489 Å². The van der Waals surface area contributed by atoms with Gasteiger partial charge in [0.2, 0.25) is 0 Å². The molecule has 0 fully saturated rings. The van der Waals surface area contributed by atoms with Gasteiger partial charge in [0.25, 0.3) is 20.2 Å². The van der Waals surface area contributed by atoms with Gasteiger partial charge >= 0.3 is 0 Å². The second-order valence-electron chi connectivity index (χ2n) is 21.0. The lowest BCUT2D eigenvalue weighted by atomic mass is 10.1. The molecule has 85 heavy (non-hydrogen) atoms. The second-order valence-corrected chi connectivity index (χ2v) is 23.8. The van der Waals surface area contributed by atoms with Gasteiger partial charge in [-0.2, -0.15) is 16.8 Å². The van der Waals surface area contributed by atoms with Crippen LogP contribution in [0.2, 0.25) is 0 Å². The lowest BCUT2D eigenvalue weighted by Gasteiger charge is -2.12. The van der Waals surface area contributed by atoms with E-state index >= 15 is 0 Å². The maximum absolute atomic E-state index is 11.9. The fraction of sp³-hybridized carbons (Fsp3) is 0.0882. The first-order valence-electron chi connectivity index (χ1n) is 27.4. The lowest BCUT2D eigenvalue weighted by Crippen LogP contribution is -2.04. The molecule has 9 aromatic carbocycles. The smallest absolute Gasteiger partial charge is 0.294 e. The molecule has 0 saturated heterocycles. The van der Waals surface area contributed by atoms with Gasteiger partial charge in [-0.15, -0.1) is 0 Å². The van der Waals surface area contributed by atoms with Gasteiger partial charge < -0.3 is 22.7 Å². The lowest BCUT2D eigenvalue weighted by molar-refractivity contribution is 0.481. The summed E-state index contributed by atoms with van der Waals surface area (Å²) in [4.78, 5) is 19.3. The Morgan fingerprint density at radius 2 is 0.624 bits per heavy atom. The van der Waals surface area contributed by atoms with Crippen LogP contribution in [-0.2, 0) is 46.4 Å². The number of aryl methyl sites for hydroxylation is 2. The summed E-state index contributed by atoms with van der Waals surface area (Å²) >= 11 is 0. The first-order valence-corrected chi connectivity index (χ1v) is 30.3. The van der Waals surface area contributed by atoms with Crippen LogP contribution in [0.15, 0.2) is 245 Å². The Balaban J connectivity index is 0.000000158. The molecule has 0 aliphatic rings. The first kappa shape index (κ1) is 54.2. The predicted molar refractivity (Wildman–Crippen MR) is 331 cm³/mol. The van der Waals surface area contributed by atoms with Gasteiger partial charge in [0.1, 0.15) is 11.6 Å². The van der Waals surface area contributed by atoms with E-state index in [2.05, 4.69) is 95.8 Å². The van der Waals surface area contributed by atoms with Gasteiger partial charge in [0, 0.05) is 37.3 Å². The van der Waals surface area contributed by atoms with Crippen molar-refractivity contribution in [2.45, 2.75) is 49.8 Å². The number of benzene rings is 9. The molecule has 14 rings (SSSR count). The molecule has 5 heterocycles. The van der Waals surface area contributed by atoms with Gasteiger partial charge in [-0.05, 0) is 120 Å². The fourth-order valence-electron chi connectivity index (χ4n) is 10.9. The minimum atomic E-state index is -4.39. The Kier molecular flexibility index (Phi) is 14.2. The number of fused-ring (bicyclic) bond motifs is 4. The van der Waals surface area contributed by atoms with E-state index in [0.717, 1.165) is 61.3 Å². The van der Waals surface area contributed by atoms with Gasteiger partial charge in [0.05, 0.1) is 53.9 Å². The van der Waals surface area contributed by atoms with Crippen molar-refractivity contribution >= 4 is 64.4 Å². The Morgan fingerprint density at radius 1 is 0.341 bits per heavy atom. The molecular formula is C68H54N8O7S2. The Hall–Kier alpha value is -10.0. The highest BCUT2D eigenvalue weighted by Gasteiger charge is 2.24. The quantitative estimate of drug-likeness (QED) is 0.0984. The SMILES string of the molecule is Cc1ccc2nc(-c3ccc(-c4nc5ccc(S(=O)(=O)O)cc5n4Cc4ccccc4)cc3)n(Cc3ccccc3)c2c1.Cc1ccc2nc(-c3ccc(-c4nc5ccc(S(=O)(=O)O)cc5n4Cc4ccccc4)o3)n(Cc3ccccc3)c2c1. The molecule has 14 aromatic rings. The number of furan rings is 1. The van der Waals surface area contributed by atoms with Crippen molar-refractivity contribution in [3.63, 3.8) is 0 Å². The topological polar surface area (TPSA) is 193 Å². The number of hydrogen-bond acceptors (Lipinski definition) is 9. The first-order chi connectivity index (χ1) is 41.2. The molecule has 2 N–H and O–H groups in total. The minimum absolute atomic E-state index is 0.163. The summed E-state index contributed by atoms with van der Waals surface area (Å²) < 4.78 is 81.9. The molecule has 17 heteroatoms. The number of rotatable bonds is 14. The molecule has 0 radical (unpaired) electrons. The van der Waals surface area contributed by atoms with Crippen LogP contribution in [0.1, 0.15) is 33.4 Å². The molecule has 5 aromatic heterocycles. The largest absolute Gasteiger partial charge is 0.450 e. The number of imidazole rings is 4. The second kappa shape index (κ2) is 22.3. The van der Waals surface area contributed by atoms with E-state index in [1.54, 1.807) is 12.1 Å². The molecule has 15 nitrogen and oxygen atoms in total. The van der Waals surface area contributed by atoms with E-state index in [9.17, 15) is 25.9 Å². The van der Waals surface area contributed by atoms with Gasteiger partial charge in [-0.1, -0.05) is 158 Å². The summed E-state index contributed by atoms with van der Waals surface area (Å²) in [6.45, 7) is 6.37. The van der Waals surface area contributed by atoms with Crippen molar-refractivity contribution in [2.75, 3.05) is 0 Å². The third kappa shape index (κ3) is 11.2. The van der Waals surface area contributed by atoms with Crippen LogP contribution < -0.4 is 0 Å². The van der Waals surface area contributed by atoms with E-state index in [4.69, 9.17) is 24.4 Å². The van der Waals surface area contributed by atoms with E-state index < -0.39 is 20.2 Å². The standard InChI is InChI=1S/C35H28N4O3S.C33H26N4O4S/c1-24-12-18-30-32(20-24)38(22-25-8-4-2-5-9-25)34(36-30)27-13-15-28(16-14-27)35-37-31-19-17-29(43(40,41)42)21-33(31)39(35)23-26-10-6-3-7-11-26;1-22-12-14-26-28(18-22)36(20-23-8-4-2-5-9-23)32(34-26)30-16-17-31(41-30)33-35-27-15-13-25(42(38,39)40)19-29(27)37(33)21-24-10-6-3-7-11-24/h2-21H,22-23H2,1H3,(H,40,41,42);2-19H,20-21H2,1H3,(H,38,39,40). The van der Waals surface area contributed by atoms with Crippen molar-refractivity contribution in [1.82, 2.24) is 38.2 Å². The Bertz CT molecular complexity index is 5020. The molecule has 0 saturated carbocycles. The molecule has 0 aliphatic carbocycles.